The van der Waals surface area contributed by atoms with E-state index in [1.54, 1.807) is 18.2 Å². The summed E-state index contributed by atoms with van der Waals surface area (Å²) >= 11 is 6.18. The number of rotatable bonds is 5. The van der Waals surface area contributed by atoms with Gasteiger partial charge in [0.1, 0.15) is 10.8 Å². The van der Waals surface area contributed by atoms with E-state index in [4.69, 9.17) is 16.1 Å². The highest BCUT2D eigenvalue weighted by Crippen LogP contribution is 2.24. The molecule has 0 radical (unpaired) electrons. The molecular weight excluding hydrogens is 338 g/mol. The Labute approximate surface area is 141 Å². The molecule has 0 fully saturated rings. The third-order valence-corrected chi connectivity index (χ3v) is 3.33. The molecule has 1 heterocycles. The number of aromatic nitrogens is 2. The van der Waals surface area contributed by atoms with E-state index in [1.807, 2.05) is 30.3 Å². The summed E-state index contributed by atoms with van der Waals surface area (Å²) in [5.41, 5.74) is 1.49. The first-order valence-corrected chi connectivity index (χ1v) is 7.31. The standard InChI is InChI=1S/C17H11ClF2N2O2/c18-14(10-11-6-8-13(9-7-11)23-17(19)20)16-21-15(22-24-16)12-4-2-1-3-5-12/h1-10,17H/b14-10-. The van der Waals surface area contributed by atoms with Crippen LogP contribution in [0.15, 0.2) is 59.1 Å². The first-order valence-electron chi connectivity index (χ1n) is 6.93. The summed E-state index contributed by atoms with van der Waals surface area (Å²) in [5, 5.41) is 4.12. The molecule has 0 aliphatic heterocycles. The van der Waals surface area contributed by atoms with E-state index in [-0.39, 0.29) is 16.7 Å². The monoisotopic (exact) mass is 348 g/mol. The molecule has 2 aromatic carbocycles. The van der Waals surface area contributed by atoms with Crippen LogP contribution in [0.4, 0.5) is 8.78 Å². The minimum Gasteiger partial charge on any atom is -0.435 e. The van der Waals surface area contributed by atoms with Gasteiger partial charge in [0.15, 0.2) is 0 Å². The molecule has 0 amide bonds. The Morgan fingerprint density at radius 1 is 1.08 bits per heavy atom. The van der Waals surface area contributed by atoms with Crippen molar-refractivity contribution in [1.29, 1.82) is 0 Å². The maximum Gasteiger partial charge on any atom is 0.387 e. The summed E-state index contributed by atoms with van der Waals surface area (Å²) in [7, 11) is 0. The second kappa shape index (κ2) is 7.23. The van der Waals surface area contributed by atoms with Gasteiger partial charge in [-0.25, -0.2) is 0 Å². The van der Waals surface area contributed by atoms with Gasteiger partial charge >= 0.3 is 6.61 Å². The van der Waals surface area contributed by atoms with E-state index in [2.05, 4.69) is 14.9 Å². The summed E-state index contributed by atoms with van der Waals surface area (Å²) < 4.78 is 33.7. The largest absolute Gasteiger partial charge is 0.435 e. The summed E-state index contributed by atoms with van der Waals surface area (Å²) in [5.74, 6) is 0.670. The first kappa shape index (κ1) is 16.1. The van der Waals surface area contributed by atoms with Crippen molar-refractivity contribution >= 4 is 22.7 Å². The van der Waals surface area contributed by atoms with Crippen molar-refractivity contribution in [3.05, 3.63) is 66.1 Å². The Morgan fingerprint density at radius 3 is 2.46 bits per heavy atom. The third kappa shape index (κ3) is 3.97. The van der Waals surface area contributed by atoms with Gasteiger partial charge in [-0.2, -0.15) is 13.8 Å². The predicted molar refractivity (Wildman–Crippen MR) is 86.5 cm³/mol. The average Bonchev–Trinajstić information content (AvgIpc) is 3.07. The minimum absolute atomic E-state index is 0.0717. The van der Waals surface area contributed by atoms with Crippen LogP contribution in [0.1, 0.15) is 11.5 Å². The van der Waals surface area contributed by atoms with Gasteiger partial charge in [-0.05, 0) is 23.8 Å². The quantitative estimate of drug-likeness (QED) is 0.645. The first-order chi connectivity index (χ1) is 11.6. The predicted octanol–water partition coefficient (Wildman–Crippen LogP) is 5.07. The number of ether oxygens (including phenoxy) is 1. The second-order valence-corrected chi connectivity index (χ2v) is 5.14. The van der Waals surface area contributed by atoms with E-state index in [0.29, 0.717) is 11.4 Å². The van der Waals surface area contributed by atoms with Gasteiger partial charge in [-0.3, -0.25) is 0 Å². The highest BCUT2D eigenvalue weighted by molar-refractivity contribution is 6.50. The zero-order valence-electron chi connectivity index (χ0n) is 12.2. The maximum absolute atomic E-state index is 12.1. The van der Waals surface area contributed by atoms with Crippen molar-refractivity contribution in [3.8, 4) is 17.1 Å². The van der Waals surface area contributed by atoms with Gasteiger partial charge in [-0.1, -0.05) is 59.2 Å². The van der Waals surface area contributed by atoms with Gasteiger partial charge in [-0.15, -0.1) is 0 Å². The Morgan fingerprint density at radius 2 is 1.79 bits per heavy atom. The minimum atomic E-state index is -2.86. The molecule has 0 N–H and O–H groups in total. The molecule has 1 aromatic heterocycles. The maximum atomic E-state index is 12.1. The Bertz CT molecular complexity index is 833. The third-order valence-electron chi connectivity index (χ3n) is 3.06. The fourth-order valence-electron chi connectivity index (χ4n) is 1.98. The van der Waals surface area contributed by atoms with Gasteiger partial charge in [0.25, 0.3) is 5.89 Å². The van der Waals surface area contributed by atoms with Crippen LogP contribution < -0.4 is 4.74 Å². The number of benzene rings is 2. The fourth-order valence-corrected chi connectivity index (χ4v) is 2.18. The van der Waals surface area contributed by atoms with E-state index in [1.165, 1.54) is 12.1 Å². The zero-order chi connectivity index (χ0) is 16.9. The molecule has 0 aliphatic carbocycles. The molecule has 3 rings (SSSR count). The van der Waals surface area contributed by atoms with Crippen molar-refractivity contribution < 1.29 is 18.0 Å². The van der Waals surface area contributed by atoms with Crippen LogP contribution in [-0.4, -0.2) is 16.8 Å². The molecule has 3 aromatic rings. The van der Waals surface area contributed by atoms with Crippen LogP contribution in [-0.2, 0) is 0 Å². The molecule has 7 heteroatoms. The molecule has 0 saturated heterocycles. The van der Waals surface area contributed by atoms with Gasteiger partial charge in [0.05, 0.1) is 0 Å². The molecule has 0 aliphatic rings. The number of halogens is 3. The molecule has 0 bridgehead atoms. The van der Waals surface area contributed by atoms with E-state index in [9.17, 15) is 8.78 Å². The average molecular weight is 349 g/mol. The normalized spacial score (nSPS) is 11.8. The number of hydrogen-bond donors (Lipinski definition) is 0. The molecule has 0 atom stereocenters. The SMILES string of the molecule is FC(F)Oc1ccc(/C=C(\Cl)c2nc(-c3ccccc3)no2)cc1. The van der Waals surface area contributed by atoms with Crippen LogP contribution >= 0.6 is 11.6 Å². The van der Waals surface area contributed by atoms with E-state index < -0.39 is 6.61 Å². The van der Waals surface area contributed by atoms with Crippen molar-refractivity contribution in [3.63, 3.8) is 0 Å². The van der Waals surface area contributed by atoms with Crippen molar-refractivity contribution in [2.75, 3.05) is 0 Å². The molecule has 0 unspecified atom stereocenters. The lowest BCUT2D eigenvalue weighted by Gasteiger charge is -2.03. The molecule has 0 spiro atoms. The lowest BCUT2D eigenvalue weighted by Crippen LogP contribution is -2.01. The molecule has 0 saturated carbocycles. The van der Waals surface area contributed by atoms with Crippen LogP contribution in [0.3, 0.4) is 0 Å². The lowest BCUT2D eigenvalue weighted by atomic mass is 10.2. The molecule has 4 nitrogen and oxygen atoms in total. The molecular formula is C17H11ClF2N2O2. The topological polar surface area (TPSA) is 48.2 Å². The second-order valence-electron chi connectivity index (χ2n) is 4.73. The van der Waals surface area contributed by atoms with Crippen LogP contribution in [0.5, 0.6) is 5.75 Å². The van der Waals surface area contributed by atoms with Gasteiger partial charge in [0, 0.05) is 5.56 Å². The van der Waals surface area contributed by atoms with Crippen molar-refractivity contribution in [2.24, 2.45) is 0 Å². The van der Waals surface area contributed by atoms with Gasteiger partial charge < -0.3 is 9.26 Å². The number of hydrogen-bond acceptors (Lipinski definition) is 4. The Balaban J connectivity index is 1.77. The summed E-state index contributed by atoms with van der Waals surface area (Å²) in [6.07, 6.45) is 1.59. The summed E-state index contributed by atoms with van der Waals surface area (Å²) in [4.78, 5) is 4.23. The lowest BCUT2D eigenvalue weighted by molar-refractivity contribution is -0.0498. The van der Waals surface area contributed by atoms with Crippen LogP contribution in [0, 0.1) is 0 Å². The smallest absolute Gasteiger partial charge is 0.387 e. The van der Waals surface area contributed by atoms with Crippen molar-refractivity contribution in [2.45, 2.75) is 6.61 Å². The summed E-state index contributed by atoms with van der Waals surface area (Å²) in [6, 6.07) is 15.4. The number of alkyl halides is 2. The number of nitrogens with zero attached hydrogens (tertiary/aromatic N) is 2. The van der Waals surface area contributed by atoms with Crippen LogP contribution in [0.2, 0.25) is 0 Å². The van der Waals surface area contributed by atoms with Gasteiger partial charge in [0.2, 0.25) is 5.82 Å². The van der Waals surface area contributed by atoms with E-state index >= 15 is 0 Å². The van der Waals surface area contributed by atoms with Crippen molar-refractivity contribution in [1.82, 2.24) is 10.1 Å². The Hall–Kier alpha value is -2.73. The Kier molecular flexibility index (Phi) is 4.86. The molecule has 24 heavy (non-hydrogen) atoms. The van der Waals surface area contributed by atoms with E-state index in [0.717, 1.165) is 5.56 Å². The highest BCUT2D eigenvalue weighted by atomic mass is 35.5. The fraction of sp³-hybridized carbons (Fsp3) is 0.0588. The van der Waals surface area contributed by atoms with Crippen LogP contribution in [0.25, 0.3) is 22.5 Å². The molecule has 122 valence electrons. The zero-order valence-corrected chi connectivity index (χ0v) is 13.0. The highest BCUT2D eigenvalue weighted by Gasteiger charge is 2.11. The summed E-state index contributed by atoms with van der Waals surface area (Å²) in [6.45, 7) is -2.86.